The van der Waals surface area contributed by atoms with Crippen LogP contribution in [0.3, 0.4) is 0 Å². The molecule has 1 amide bonds. The van der Waals surface area contributed by atoms with E-state index in [9.17, 15) is 9.59 Å². The fourth-order valence-electron chi connectivity index (χ4n) is 2.29. The molecule has 1 aliphatic carbocycles. The van der Waals surface area contributed by atoms with Crippen molar-refractivity contribution in [2.75, 3.05) is 13.7 Å². The summed E-state index contributed by atoms with van der Waals surface area (Å²) >= 11 is 0. The molecule has 0 bridgehead atoms. The third kappa shape index (κ3) is 3.43. The summed E-state index contributed by atoms with van der Waals surface area (Å²) in [5, 5.41) is 2.81. The molecular formula is C12H22N2O3. The van der Waals surface area contributed by atoms with Gasteiger partial charge in [0.05, 0.1) is 7.11 Å². The van der Waals surface area contributed by atoms with E-state index < -0.39 is 5.54 Å². The number of hydrogen-bond acceptors (Lipinski definition) is 4. The van der Waals surface area contributed by atoms with Gasteiger partial charge < -0.3 is 15.8 Å². The van der Waals surface area contributed by atoms with E-state index in [0.717, 1.165) is 12.8 Å². The number of ether oxygens (including phenoxy) is 1. The zero-order valence-electron chi connectivity index (χ0n) is 10.6. The fraction of sp³-hybridized carbons (Fsp3) is 0.833. The number of nitrogens with one attached hydrogen (secondary N) is 1. The molecule has 0 heterocycles. The molecule has 1 saturated carbocycles. The van der Waals surface area contributed by atoms with Crippen LogP contribution in [0.2, 0.25) is 0 Å². The minimum Gasteiger partial charge on any atom is -0.467 e. The molecule has 5 nitrogen and oxygen atoms in total. The Morgan fingerprint density at radius 1 is 1.41 bits per heavy atom. The van der Waals surface area contributed by atoms with Crippen LogP contribution in [0.4, 0.5) is 0 Å². The van der Waals surface area contributed by atoms with Crippen LogP contribution in [0.15, 0.2) is 0 Å². The largest absolute Gasteiger partial charge is 0.467 e. The van der Waals surface area contributed by atoms with E-state index in [1.54, 1.807) is 0 Å². The van der Waals surface area contributed by atoms with Crippen molar-refractivity contribution in [3.05, 3.63) is 0 Å². The van der Waals surface area contributed by atoms with Crippen LogP contribution in [-0.4, -0.2) is 31.1 Å². The van der Waals surface area contributed by atoms with Gasteiger partial charge >= 0.3 is 5.97 Å². The zero-order valence-corrected chi connectivity index (χ0v) is 10.6. The van der Waals surface area contributed by atoms with E-state index >= 15 is 0 Å². The van der Waals surface area contributed by atoms with Crippen molar-refractivity contribution in [3.8, 4) is 0 Å². The lowest BCUT2D eigenvalue weighted by Crippen LogP contribution is -2.57. The van der Waals surface area contributed by atoms with Crippen LogP contribution in [0.5, 0.6) is 0 Å². The molecule has 0 saturated heterocycles. The summed E-state index contributed by atoms with van der Waals surface area (Å²) < 4.78 is 4.82. The number of esters is 1. The minimum absolute atomic E-state index is 0.174. The lowest BCUT2D eigenvalue weighted by atomic mass is 9.77. The van der Waals surface area contributed by atoms with Crippen LogP contribution >= 0.6 is 0 Å². The molecule has 98 valence electrons. The summed E-state index contributed by atoms with van der Waals surface area (Å²) in [6.07, 6.45) is 3.40. The molecule has 5 heteroatoms. The van der Waals surface area contributed by atoms with Crippen LogP contribution in [-0.2, 0) is 14.3 Å². The first-order chi connectivity index (χ1) is 8.04. The molecule has 0 aliphatic heterocycles. The monoisotopic (exact) mass is 242 g/mol. The first-order valence-electron chi connectivity index (χ1n) is 6.13. The Balaban J connectivity index is 2.73. The molecule has 0 unspecified atom stereocenters. The normalized spacial score (nSPS) is 28.5. The van der Waals surface area contributed by atoms with Crippen molar-refractivity contribution in [3.63, 3.8) is 0 Å². The smallest absolute Gasteiger partial charge is 0.331 e. The topological polar surface area (TPSA) is 81.4 Å². The van der Waals surface area contributed by atoms with Gasteiger partial charge in [-0.3, -0.25) is 4.79 Å². The van der Waals surface area contributed by atoms with Gasteiger partial charge in [-0.05, 0) is 31.6 Å². The third-order valence-corrected chi connectivity index (χ3v) is 3.45. The zero-order chi connectivity index (χ0) is 12.9. The van der Waals surface area contributed by atoms with E-state index in [-0.39, 0.29) is 18.3 Å². The Labute approximate surface area is 102 Å². The van der Waals surface area contributed by atoms with E-state index in [0.29, 0.717) is 25.3 Å². The lowest BCUT2D eigenvalue weighted by molar-refractivity contribution is -0.153. The Morgan fingerprint density at radius 3 is 2.47 bits per heavy atom. The number of methoxy groups -OCH3 is 1. The summed E-state index contributed by atoms with van der Waals surface area (Å²) in [5.74, 6) is 0.0846. The van der Waals surface area contributed by atoms with Crippen LogP contribution in [0, 0.1) is 5.92 Å². The molecule has 17 heavy (non-hydrogen) atoms. The average Bonchev–Trinajstić information content (AvgIpc) is 2.31. The Hall–Kier alpha value is -1.10. The Kier molecular flexibility index (Phi) is 4.93. The molecular weight excluding hydrogens is 220 g/mol. The molecule has 0 aromatic heterocycles. The first-order valence-corrected chi connectivity index (χ1v) is 6.13. The molecule has 0 spiro atoms. The summed E-state index contributed by atoms with van der Waals surface area (Å²) in [6, 6.07) is 0. The van der Waals surface area contributed by atoms with Crippen molar-refractivity contribution in [1.29, 1.82) is 0 Å². The molecule has 0 radical (unpaired) electrons. The van der Waals surface area contributed by atoms with Crippen LogP contribution in [0.1, 0.15) is 39.0 Å². The van der Waals surface area contributed by atoms with E-state index in [1.165, 1.54) is 7.11 Å². The highest BCUT2D eigenvalue weighted by Gasteiger charge is 2.43. The van der Waals surface area contributed by atoms with Gasteiger partial charge in [-0.2, -0.15) is 0 Å². The second-order valence-electron chi connectivity index (χ2n) is 4.84. The maximum absolute atomic E-state index is 11.9. The van der Waals surface area contributed by atoms with Gasteiger partial charge in [0, 0.05) is 13.0 Å². The quantitative estimate of drug-likeness (QED) is 0.706. The van der Waals surface area contributed by atoms with E-state index in [2.05, 4.69) is 12.2 Å². The van der Waals surface area contributed by atoms with Crippen molar-refractivity contribution < 1.29 is 14.3 Å². The number of hydrogen-bond donors (Lipinski definition) is 2. The molecule has 0 aromatic rings. The Bertz CT molecular complexity index is 283. The molecule has 1 rings (SSSR count). The summed E-state index contributed by atoms with van der Waals surface area (Å²) in [7, 11) is 1.36. The lowest BCUT2D eigenvalue weighted by Gasteiger charge is -2.37. The van der Waals surface area contributed by atoms with Gasteiger partial charge in [-0.25, -0.2) is 4.79 Å². The Morgan fingerprint density at radius 2 is 2.00 bits per heavy atom. The first kappa shape index (κ1) is 14.0. The predicted octanol–water partition coefficient (Wildman–Crippen LogP) is 0.573. The number of amides is 1. The number of carbonyl (C=O) groups is 2. The van der Waals surface area contributed by atoms with E-state index in [1.807, 2.05) is 0 Å². The van der Waals surface area contributed by atoms with Gasteiger partial charge in [0.1, 0.15) is 5.54 Å². The van der Waals surface area contributed by atoms with E-state index in [4.69, 9.17) is 10.5 Å². The molecule has 0 aromatic carbocycles. The van der Waals surface area contributed by atoms with Crippen LogP contribution < -0.4 is 11.1 Å². The summed E-state index contributed by atoms with van der Waals surface area (Å²) in [5.41, 5.74) is 4.51. The van der Waals surface area contributed by atoms with Crippen molar-refractivity contribution in [1.82, 2.24) is 5.32 Å². The van der Waals surface area contributed by atoms with Gasteiger partial charge in [0.2, 0.25) is 5.91 Å². The highest BCUT2D eigenvalue weighted by Crippen LogP contribution is 2.32. The average molecular weight is 242 g/mol. The SMILES string of the molecule is COC(=O)C1(NC(=O)CCN)CCC(C)CC1. The molecule has 0 atom stereocenters. The molecule has 3 N–H and O–H groups in total. The predicted molar refractivity (Wildman–Crippen MR) is 64.2 cm³/mol. The fourth-order valence-corrected chi connectivity index (χ4v) is 2.29. The maximum atomic E-state index is 11.9. The molecule has 1 fully saturated rings. The van der Waals surface area contributed by atoms with Gasteiger partial charge in [-0.15, -0.1) is 0 Å². The third-order valence-electron chi connectivity index (χ3n) is 3.45. The van der Waals surface area contributed by atoms with Crippen molar-refractivity contribution in [2.45, 2.75) is 44.6 Å². The highest BCUT2D eigenvalue weighted by molar-refractivity contribution is 5.88. The molecule has 1 aliphatic rings. The second-order valence-corrected chi connectivity index (χ2v) is 4.84. The van der Waals surface area contributed by atoms with Crippen molar-refractivity contribution >= 4 is 11.9 Å². The number of carbonyl (C=O) groups excluding carboxylic acids is 2. The van der Waals surface area contributed by atoms with Gasteiger partial charge in [0.15, 0.2) is 0 Å². The highest BCUT2D eigenvalue weighted by atomic mass is 16.5. The minimum atomic E-state index is -0.826. The maximum Gasteiger partial charge on any atom is 0.331 e. The van der Waals surface area contributed by atoms with Gasteiger partial charge in [-0.1, -0.05) is 6.92 Å². The standard InChI is InChI=1S/C12H22N2O3/c1-9-3-6-12(7-4-9,11(16)17-2)14-10(15)5-8-13/h9H,3-8,13H2,1-2H3,(H,14,15). The second kappa shape index (κ2) is 6.00. The van der Waals surface area contributed by atoms with Gasteiger partial charge in [0.25, 0.3) is 0 Å². The number of rotatable bonds is 4. The van der Waals surface area contributed by atoms with Crippen molar-refractivity contribution in [2.24, 2.45) is 11.7 Å². The number of nitrogens with two attached hydrogens (primary N) is 1. The summed E-state index contributed by atoms with van der Waals surface area (Å²) in [6.45, 7) is 2.45. The summed E-state index contributed by atoms with van der Waals surface area (Å²) in [4.78, 5) is 23.5. The van der Waals surface area contributed by atoms with Crippen LogP contribution in [0.25, 0.3) is 0 Å².